The Kier molecular flexibility index (Phi) is 8.21. The molecule has 2 aromatic carbocycles. The second-order valence-corrected chi connectivity index (χ2v) is 10.8. The molecule has 0 bridgehead atoms. The summed E-state index contributed by atoms with van der Waals surface area (Å²) in [5.41, 5.74) is 1.83. The minimum Gasteiger partial charge on any atom is -0.325 e. The van der Waals surface area contributed by atoms with Crippen LogP contribution in [0, 0.1) is 0 Å². The fraction of sp³-hybridized carbons (Fsp3) is 0.381. The summed E-state index contributed by atoms with van der Waals surface area (Å²) in [6.45, 7) is 5.84. The van der Waals surface area contributed by atoms with Crippen molar-refractivity contribution >= 4 is 37.3 Å². The second kappa shape index (κ2) is 10.3. The number of hydrogen-bond donors (Lipinski definition) is 1. The van der Waals surface area contributed by atoms with Crippen LogP contribution in [0.2, 0.25) is 0 Å². The predicted octanol–water partition coefficient (Wildman–Crippen LogP) is 2.68. The maximum Gasteiger partial charge on any atom is 0.245 e. The van der Waals surface area contributed by atoms with E-state index in [4.69, 9.17) is 0 Å². The summed E-state index contributed by atoms with van der Waals surface area (Å²) in [4.78, 5) is 12.6. The largest absolute Gasteiger partial charge is 0.325 e. The highest BCUT2D eigenvalue weighted by Gasteiger charge is 2.23. The molecule has 1 N–H and O–H groups in total. The lowest BCUT2D eigenvalue weighted by atomic mass is 10.1. The molecular weight excluding hydrogens is 438 g/mol. The van der Waals surface area contributed by atoms with Gasteiger partial charge in [0.05, 0.1) is 16.8 Å². The molecule has 0 aliphatic carbocycles. The molecule has 8 nitrogen and oxygen atoms in total. The fourth-order valence-corrected chi connectivity index (χ4v) is 5.37. The van der Waals surface area contributed by atoms with Gasteiger partial charge in [-0.15, -0.1) is 0 Å². The summed E-state index contributed by atoms with van der Waals surface area (Å²) >= 11 is 0. The molecule has 2 aromatic rings. The Morgan fingerprint density at radius 1 is 0.871 bits per heavy atom. The third-order valence-electron chi connectivity index (χ3n) is 4.80. The minimum atomic E-state index is -3.68. The number of rotatable bonds is 10. The number of carbonyl (C=O) groups excluding carboxylic acids is 1. The number of amides is 1. The van der Waals surface area contributed by atoms with Crippen LogP contribution in [0.3, 0.4) is 0 Å². The van der Waals surface area contributed by atoms with Crippen LogP contribution in [-0.2, 0) is 31.3 Å². The lowest BCUT2D eigenvalue weighted by Crippen LogP contribution is -2.37. The molecule has 10 heteroatoms. The fourth-order valence-electron chi connectivity index (χ4n) is 3.05. The number of anilines is 2. The van der Waals surface area contributed by atoms with E-state index < -0.39 is 32.5 Å². The normalized spacial score (nSPS) is 12.0. The lowest BCUT2D eigenvalue weighted by Gasteiger charge is -2.22. The van der Waals surface area contributed by atoms with Crippen molar-refractivity contribution in [3.63, 3.8) is 0 Å². The molecule has 1 amide bonds. The van der Waals surface area contributed by atoms with E-state index in [1.54, 1.807) is 26.0 Å². The van der Waals surface area contributed by atoms with Gasteiger partial charge in [-0.05, 0) is 48.4 Å². The minimum absolute atomic E-state index is 0.128. The van der Waals surface area contributed by atoms with Crippen molar-refractivity contribution in [2.45, 2.75) is 32.1 Å². The molecule has 2 rings (SSSR count). The van der Waals surface area contributed by atoms with Crippen LogP contribution in [0.25, 0.3) is 0 Å². The van der Waals surface area contributed by atoms with Crippen molar-refractivity contribution in [3.8, 4) is 0 Å². The standard InChI is InChI=1S/C21H29N3O5S2/c1-5-17-8-12-19(13-9-17)24(30(4,26)27)16-21(25)22-18-10-14-20(15-11-18)31(28,29)23(6-2)7-3/h8-15H,5-7,16H2,1-4H3,(H,22,25). The number of nitrogens with zero attached hydrogens (tertiary/aromatic N) is 2. The van der Waals surface area contributed by atoms with Gasteiger partial charge < -0.3 is 5.32 Å². The Morgan fingerprint density at radius 3 is 1.87 bits per heavy atom. The van der Waals surface area contributed by atoms with Crippen molar-refractivity contribution < 1.29 is 21.6 Å². The average Bonchev–Trinajstić information content (AvgIpc) is 2.72. The lowest BCUT2D eigenvalue weighted by molar-refractivity contribution is -0.114. The zero-order valence-electron chi connectivity index (χ0n) is 18.2. The molecule has 0 saturated carbocycles. The molecule has 0 heterocycles. The zero-order chi connectivity index (χ0) is 23.2. The summed E-state index contributed by atoms with van der Waals surface area (Å²) in [6, 6.07) is 12.8. The van der Waals surface area contributed by atoms with E-state index in [9.17, 15) is 21.6 Å². The van der Waals surface area contributed by atoms with Crippen LogP contribution < -0.4 is 9.62 Å². The molecular formula is C21H29N3O5S2. The maximum atomic E-state index is 12.6. The summed E-state index contributed by atoms with van der Waals surface area (Å²) in [7, 11) is -7.27. The van der Waals surface area contributed by atoms with Crippen LogP contribution in [0.5, 0.6) is 0 Å². The summed E-state index contributed by atoms with van der Waals surface area (Å²) in [5, 5.41) is 2.62. The molecule has 0 atom stereocenters. The van der Waals surface area contributed by atoms with E-state index >= 15 is 0 Å². The van der Waals surface area contributed by atoms with Gasteiger partial charge in [0, 0.05) is 18.8 Å². The second-order valence-electron chi connectivity index (χ2n) is 6.95. The van der Waals surface area contributed by atoms with Crippen molar-refractivity contribution in [2.75, 3.05) is 35.5 Å². The van der Waals surface area contributed by atoms with Gasteiger partial charge in [0.2, 0.25) is 26.0 Å². The first-order valence-electron chi connectivity index (χ1n) is 9.99. The van der Waals surface area contributed by atoms with Gasteiger partial charge in [0.15, 0.2) is 0 Å². The van der Waals surface area contributed by atoms with Crippen molar-refractivity contribution in [1.29, 1.82) is 0 Å². The van der Waals surface area contributed by atoms with Crippen LogP contribution >= 0.6 is 0 Å². The van der Waals surface area contributed by atoms with Crippen molar-refractivity contribution in [3.05, 3.63) is 54.1 Å². The number of aryl methyl sites for hydroxylation is 1. The topological polar surface area (TPSA) is 104 Å². The van der Waals surface area contributed by atoms with E-state index in [0.29, 0.717) is 24.5 Å². The van der Waals surface area contributed by atoms with Gasteiger partial charge in [-0.3, -0.25) is 9.10 Å². The number of carbonyl (C=O) groups is 1. The SMILES string of the molecule is CCc1ccc(N(CC(=O)Nc2ccc(S(=O)(=O)N(CC)CC)cc2)S(C)(=O)=O)cc1. The Bertz CT molecular complexity index is 1090. The number of sulfonamides is 2. The molecule has 0 radical (unpaired) electrons. The number of benzene rings is 2. The highest BCUT2D eigenvalue weighted by Crippen LogP contribution is 2.20. The molecule has 0 aromatic heterocycles. The third kappa shape index (κ3) is 6.28. The number of nitrogens with one attached hydrogen (secondary N) is 1. The third-order valence-corrected chi connectivity index (χ3v) is 8.01. The molecule has 0 aliphatic heterocycles. The van der Waals surface area contributed by atoms with Crippen LogP contribution in [0.1, 0.15) is 26.3 Å². The van der Waals surface area contributed by atoms with Gasteiger partial charge in [0.25, 0.3) is 0 Å². The van der Waals surface area contributed by atoms with E-state index in [1.807, 2.05) is 19.1 Å². The summed E-state index contributed by atoms with van der Waals surface area (Å²) in [5.74, 6) is -0.538. The molecule has 170 valence electrons. The smallest absolute Gasteiger partial charge is 0.245 e. The Balaban J connectivity index is 2.16. The number of hydrogen-bond acceptors (Lipinski definition) is 5. The van der Waals surface area contributed by atoms with E-state index in [2.05, 4.69) is 5.32 Å². The molecule has 31 heavy (non-hydrogen) atoms. The Labute approximate surface area is 185 Å². The zero-order valence-corrected chi connectivity index (χ0v) is 19.8. The van der Waals surface area contributed by atoms with Gasteiger partial charge in [-0.25, -0.2) is 16.8 Å². The van der Waals surface area contributed by atoms with Gasteiger partial charge in [0.1, 0.15) is 6.54 Å². The first-order chi connectivity index (χ1) is 14.5. The highest BCUT2D eigenvalue weighted by molar-refractivity contribution is 7.92. The first-order valence-corrected chi connectivity index (χ1v) is 13.3. The Hall–Kier alpha value is -2.43. The summed E-state index contributed by atoms with van der Waals surface area (Å²) in [6.07, 6.45) is 1.86. The molecule has 0 spiro atoms. The molecule has 0 saturated heterocycles. The quantitative estimate of drug-likeness (QED) is 0.579. The van der Waals surface area contributed by atoms with Gasteiger partial charge in [-0.2, -0.15) is 4.31 Å². The maximum absolute atomic E-state index is 12.6. The molecule has 0 aliphatic rings. The van der Waals surface area contributed by atoms with Crippen molar-refractivity contribution in [2.24, 2.45) is 0 Å². The molecule has 0 unspecified atom stereocenters. The van der Waals surface area contributed by atoms with Gasteiger partial charge in [-0.1, -0.05) is 32.9 Å². The monoisotopic (exact) mass is 467 g/mol. The van der Waals surface area contributed by atoms with E-state index in [0.717, 1.165) is 22.5 Å². The summed E-state index contributed by atoms with van der Waals surface area (Å²) < 4.78 is 51.9. The Morgan fingerprint density at radius 2 is 1.42 bits per heavy atom. The van der Waals surface area contributed by atoms with Crippen LogP contribution in [0.4, 0.5) is 11.4 Å². The highest BCUT2D eigenvalue weighted by atomic mass is 32.2. The molecule has 0 fully saturated rings. The van der Waals surface area contributed by atoms with Gasteiger partial charge >= 0.3 is 0 Å². The van der Waals surface area contributed by atoms with E-state index in [1.165, 1.54) is 28.6 Å². The average molecular weight is 468 g/mol. The predicted molar refractivity (Wildman–Crippen MR) is 123 cm³/mol. The van der Waals surface area contributed by atoms with Crippen LogP contribution in [0.15, 0.2) is 53.4 Å². The first kappa shape index (κ1) is 24.8. The van der Waals surface area contributed by atoms with Crippen molar-refractivity contribution in [1.82, 2.24) is 4.31 Å². The van der Waals surface area contributed by atoms with E-state index in [-0.39, 0.29) is 4.90 Å². The van der Waals surface area contributed by atoms with Crippen LogP contribution in [-0.4, -0.2) is 52.9 Å².